The molecule has 1 atom stereocenters. The minimum atomic E-state index is -0.00793. The zero-order valence-electron chi connectivity index (χ0n) is 15.5. The topological polar surface area (TPSA) is 32.3 Å². The average Bonchev–Trinajstić information content (AvgIpc) is 2.60. The largest absolute Gasteiger partial charge is 0.371 e. The van der Waals surface area contributed by atoms with E-state index in [-0.39, 0.29) is 5.91 Å². The standard InChI is InChI=1S/C22H28N2O/c1-16-6-11-21(18(3)13-16)22(25)23-14-19-7-9-20(10-8-19)24-12-4-5-17(2)15-24/h6-11,13,17H,4-5,12,14-15H2,1-3H3,(H,23,25)/t17-/m1/s1. The van der Waals surface area contributed by atoms with Crippen molar-refractivity contribution in [1.82, 2.24) is 5.32 Å². The number of piperidine rings is 1. The number of hydrogen-bond acceptors (Lipinski definition) is 2. The predicted molar refractivity (Wildman–Crippen MR) is 104 cm³/mol. The number of carbonyl (C=O) groups is 1. The molecule has 1 N–H and O–H groups in total. The third-order valence-electron chi connectivity index (χ3n) is 5.04. The normalized spacial score (nSPS) is 17.4. The quantitative estimate of drug-likeness (QED) is 0.893. The highest BCUT2D eigenvalue weighted by molar-refractivity contribution is 5.95. The van der Waals surface area contributed by atoms with Gasteiger partial charge in [0, 0.05) is 30.9 Å². The lowest BCUT2D eigenvalue weighted by Gasteiger charge is -2.32. The maximum atomic E-state index is 12.4. The molecular formula is C22H28N2O. The van der Waals surface area contributed by atoms with E-state index in [0.717, 1.165) is 35.7 Å². The second-order valence-corrected chi connectivity index (χ2v) is 7.36. The molecule has 2 aromatic rings. The number of aryl methyl sites for hydroxylation is 2. The Balaban J connectivity index is 1.59. The lowest BCUT2D eigenvalue weighted by Crippen LogP contribution is -2.34. The maximum absolute atomic E-state index is 12.4. The van der Waals surface area contributed by atoms with Gasteiger partial charge in [0.25, 0.3) is 5.91 Å². The van der Waals surface area contributed by atoms with Crippen LogP contribution in [0.5, 0.6) is 0 Å². The van der Waals surface area contributed by atoms with Crippen LogP contribution in [0.15, 0.2) is 42.5 Å². The SMILES string of the molecule is Cc1ccc(C(=O)NCc2ccc(N3CCC[C@@H](C)C3)cc2)c(C)c1. The van der Waals surface area contributed by atoms with Crippen molar-refractivity contribution in [2.24, 2.45) is 5.92 Å². The highest BCUT2D eigenvalue weighted by Crippen LogP contribution is 2.23. The molecule has 1 heterocycles. The molecule has 25 heavy (non-hydrogen) atoms. The molecule has 0 aliphatic carbocycles. The molecule has 0 bridgehead atoms. The number of rotatable bonds is 4. The third kappa shape index (κ3) is 4.41. The van der Waals surface area contributed by atoms with Crippen molar-refractivity contribution in [2.45, 2.75) is 40.2 Å². The van der Waals surface area contributed by atoms with E-state index in [1.165, 1.54) is 24.1 Å². The second kappa shape index (κ2) is 7.73. The number of amides is 1. The molecule has 1 fully saturated rings. The summed E-state index contributed by atoms with van der Waals surface area (Å²) in [5, 5.41) is 3.03. The summed E-state index contributed by atoms with van der Waals surface area (Å²) in [7, 11) is 0. The molecule has 1 aliphatic rings. The average molecular weight is 336 g/mol. The number of nitrogens with one attached hydrogen (secondary N) is 1. The maximum Gasteiger partial charge on any atom is 0.251 e. The first-order valence-corrected chi connectivity index (χ1v) is 9.22. The smallest absolute Gasteiger partial charge is 0.251 e. The highest BCUT2D eigenvalue weighted by atomic mass is 16.1. The minimum Gasteiger partial charge on any atom is -0.371 e. The van der Waals surface area contributed by atoms with Crippen molar-refractivity contribution in [1.29, 1.82) is 0 Å². The van der Waals surface area contributed by atoms with Crippen molar-refractivity contribution in [3.63, 3.8) is 0 Å². The van der Waals surface area contributed by atoms with E-state index in [4.69, 9.17) is 0 Å². The molecule has 0 unspecified atom stereocenters. The monoisotopic (exact) mass is 336 g/mol. The van der Waals surface area contributed by atoms with Crippen molar-refractivity contribution < 1.29 is 4.79 Å². The van der Waals surface area contributed by atoms with Crippen molar-refractivity contribution in [3.05, 3.63) is 64.7 Å². The Bertz CT molecular complexity index is 736. The van der Waals surface area contributed by atoms with Gasteiger partial charge < -0.3 is 10.2 Å². The molecule has 1 saturated heterocycles. The highest BCUT2D eigenvalue weighted by Gasteiger charge is 2.16. The van der Waals surface area contributed by atoms with Crippen LogP contribution >= 0.6 is 0 Å². The van der Waals surface area contributed by atoms with Gasteiger partial charge in [-0.1, -0.05) is 36.8 Å². The fraction of sp³-hybridized carbons (Fsp3) is 0.409. The van der Waals surface area contributed by atoms with Gasteiger partial charge >= 0.3 is 0 Å². The number of benzene rings is 2. The second-order valence-electron chi connectivity index (χ2n) is 7.36. The number of carbonyl (C=O) groups excluding carboxylic acids is 1. The van der Waals surface area contributed by atoms with Gasteiger partial charge in [0.2, 0.25) is 0 Å². The Labute approximate surface area is 151 Å². The lowest BCUT2D eigenvalue weighted by molar-refractivity contribution is 0.0950. The summed E-state index contributed by atoms with van der Waals surface area (Å²) in [4.78, 5) is 14.8. The molecule has 0 aromatic heterocycles. The fourth-order valence-electron chi connectivity index (χ4n) is 3.59. The Morgan fingerprint density at radius 1 is 1.16 bits per heavy atom. The van der Waals surface area contributed by atoms with Gasteiger partial charge in [0.1, 0.15) is 0 Å². The summed E-state index contributed by atoms with van der Waals surface area (Å²) in [6, 6.07) is 14.5. The summed E-state index contributed by atoms with van der Waals surface area (Å²) < 4.78 is 0. The Morgan fingerprint density at radius 2 is 1.92 bits per heavy atom. The Kier molecular flexibility index (Phi) is 5.42. The van der Waals surface area contributed by atoms with Crippen LogP contribution < -0.4 is 10.2 Å². The van der Waals surface area contributed by atoms with Gasteiger partial charge in [-0.3, -0.25) is 4.79 Å². The molecule has 3 rings (SSSR count). The molecule has 3 heteroatoms. The summed E-state index contributed by atoms with van der Waals surface area (Å²) in [6.45, 7) is 9.19. The van der Waals surface area contributed by atoms with Crippen LogP contribution in [0.25, 0.3) is 0 Å². The van der Waals surface area contributed by atoms with Gasteiger partial charge in [-0.15, -0.1) is 0 Å². The molecule has 0 spiro atoms. The Morgan fingerprint density at radius 3 is 2.60 bits per heavy atom. The van der Waals surface area contributed by atoms with E-state index >= 15 is 0 Å². The first-order chi connectivity index (χ1) is 12.0. The van der Waals surface area contributed by atoms with E-state index < -0.39 is 0 Å². The molecule has 2 aromatic carbocycles. The van der Waals surface area contributed by atoms with Crippen LogP contribution in [0.4, 0.5) is 5.69 Å². The number of nitrogens with zero attached hydrogens (tertiary/aromatic N) is 1. The van der Waals surface area contributed by atoms with Gasteiger partial charge in [0.15, 0.2) is 0 Å². The zero-order valence-corrected chi connectivity index (χ0v) is 15.5. The molecule has 132 valence electrons. The third-order valence-corrected chi connectivity index (χ3v) is 5.04. The van der Waals surface area contributed by atoms with Gasteiger partial charge in [-0.05, 0) is 61.9 Å². The van der Waals surface area contributed by atoms with Crippen LogP contribution in [-0.4, -0.2) is 19.0 Å². The summed E-state index contributed by atoms with van der Waals surface area (Å²) in [5.41, 5.74) is 5.37. The van der Waals surface area contributed by atoms with E-state index in [1.54, 1.807) is 0 Å². The van der Waals surface area contributed by atoms with Crippen molar-refractivity contribution in [3.8, 4) is 0 Å². The molecule has 1 amide bonds. The number of hydrogen-bond donors (Lipinski definition) is 1. The molecule has 3 nitrogen and oxygen atoms in total. The van der Waals surface area contributed by atoms with E-state index in [1.807, 2.05) is 32.0 Å². The summed E-state index contributed by atoms with van der Waals surface area (Å²) in [5.74, 6) is 0.761. The first kappa shape index (κ1) is 17.5. The van der Waals surface area contributed by atoms with Crippen LogP contribution in [0.3, 0.4) is 0 Å². The van der Waals surface area contributed by atoms with Gasteiger partial charge in [-0.2, -0.15) is 0 Å². The van der Waals surface area contributed by atoms with E-state index in [2.05, 4.69) is 41.4 Å². The minimum absolute atomic E-state index is 0.00793. The van der Waals surface area contributed by atoms with Crippen molar-refractivity contribution >= 4 is 11.6 Å². The van der Waals surface area contributed by atoms with Crippen LogP contribution in [-0.2, 0) is 6.54 Å². The predicted octanol–water partition coefficient (Wildman–Crippen LogP) is 4.47. The van der Waals surface area contributed by atoms with Crippen molar-refractivity contribution in [2.75, 3.05) is 18.0 Å². The molecular weight excluding hydrogens is 308 g/mol. The van der Waals surface area contributed by atoms with Gasteiger partial charge in [-0.25, -0.2) is 0 Å². The molecule has 1 aliphatic heterocycles. The van der Waals surface area contributed by atoms with Crippen LogP contribution in [0, 0.1) is 19.8 Å². The Hall–Kier alpha value is -2.29. The summed E-state index contributed by atoms with van der Waals surface area (Å²) >= 11 is 0. The summed E-state index contributed by atoms with van der Waals surface area (Å²) in [6.07, 6.45) is 2.61. The van der Waals surface area contributed by atoms with Crippen LogP contribution in [0.1, 0.15) is 46.8 Å². The van der Waals surface area contributed by atoms with Crippen LogP contribution in [0.2, 0.25) is 0 Å². The molecule has 0 saturated carbocycles. The van der Waals surface area contributed by atoms with E-state index in [9.17, 15) is 4.79 Å². The van der Waals surface area contributed by atoms with E-state index in [0.29, 0.717) is 6.54 Å². The fourth-order valence-corrected chi connectivity index (χ4v) is 3.59. The first-order valence-electron chi connectivity index (χ1n) is 9.22. The molecule has 0 radical (unpaired) electrons. The lowest BCUT2D eigenvalue weighted by atomic mass is 9.99. The zero-order chi connectivity index (χ0) is 17.8. The van der Waals surface area contributed by atoms with Gasteiger partial charge in [0.05, 0.1) is 0 Å². The number of anilines is 1.